The first kappa shape index (κ1) is 19.9. The van der Waals surface area contributed by atoms with Crippen molar-refractivity contribution in [2.75, 3.05) is 20.8 Å². The summed E-state index contributed by atoms with van der Waals surface area (Å²) in [5.41, 5.74) is 3.49. The van der Waals surface area contributed by atoms with Crippen LogP contribution in [-0.2, 0) is 20.0 Å². The Morgan fingerprint density at radius 2 is 1.93 bits per heavy atom. The molecule has 0 saturated heterocycles. The zero-order chi connectivity index (χ0) is 21.4. The van der Waals surface area contributed by atoms with Crippen LogP contribution in [0.25, 0.3) is 11.5 Å². The van der Waals surface area contributed by atoms with E-state index < -0.39 is 0 Å². The monoisotopic (exact) mass is 410 g/mol. The van der Waals surface area contributed by atoms with Crippen molar-refractivity contribution in [1.29, 1.82) is 0 Å². The van der Waals surface area contributed by atoms with Gasteiger partial charge in [-0.1, -0.05) is 0 Å². The molecule has 1 aromatic carbocycles. The van der Waals surface area contributed by atoms with Gasteiger partial charge in [-0.25, -0.2) is 0 Å². The van der Waals surface area contributed by atoms with Gasteiger partial charge in [0.25, 0.3) is 5.91 Å². The van der Waals surface area contributed by atoms with Crippen LogP contribution in [0.5, 0.6) is 11.5 Å². The number of fused-ring (bicyclic) bond motifs is 1. The highest BCUT2D eigenvalue weighted by Gasteiger charge is 2.30. The molecule has 0 aliphatic carbocycles. The van der Waals surface area contributed by atoms with Crippen LogP contribution in [0.1, 0.15) is 41.5 Å². The van der Waals surface area contributed by atoms with Crippen molar-refractivity contribution in [3.63, 3.8) is 0 Å². The Kier molecular flexibility index (Phi) is 5.19. The zero-order valence-corrected chi connectivity index (χ0v) is 17.9. The molecule has 1 aliphatic rings. The van der Waals surface area contributed by atoms with Gasteiger partial charge in [0.15, 0.2) is 17.3 Å². The summed E-state index contributed by atoms with van der Waals surface area (Å²) in [6.07, 6.45) is 2.45. The molecule has 3 heterocycles. The van der Waals surface area contributed by atoms with E-state index in [1.807, 2.05) is 21.2 Å². The van der Waals surface area contributed by atoms with Gasteiger partial charge in [0.05, 0.1) is 20.8 Å². The Morgan fingerprint density at radius 3 is 2.63 bits per heavy atom. The summed E-state index contributed by atoms with van der Waals surface area (Å²) in [6.45, 7) is 5.25. The molecule has 0 radical (unpaired) electrons. The van der Waals surface area contributed by atoms with Crippen LogP contribution in [0.3, 0.4) is 0 Å². The second kappa shape index (κ2) is 7.81. The lowest BCUT2D eigenvalue weighted by molar-refractivity contribution is 0.0733. The number of nitrogens with zero attached hydrogens (tertiary/aromatic N) is 6. The standard InChI is InChI=1S/C21H26N6O3/c1-13(2)27-12-22-23-20(27)19-15-11-26(9-8-16(15)25(3)24-19)21(28)14-6-7-17(29-4)18(10-14)30-5/h6-7,10,12-13H,8-9,11H2,1-5H3. The van der Waals surface area contributed by atoms with Crippen molar-refractivity contribution in [2.24, 2.45) is 7.05 Å². The summed E-state index contributed by atoms with van der Waals surface area (Å²) in [4.78, 5) is 15.1. The Morgan fingerprint density at radius 1 is 1.17 bits per heavy atom. The highest BCUT2D eigenvalue weighted by atomic mass is 16.5. The Hall–Kier alpha value is -3.36. The van der Waals surface area contributed by atoms with Crippen molar-refractivity contribution in [3.8, 4) is 23.0 Å². The number of aryl methyl sites for hydroxylation is 1. The molecule has 4 rings (SSSR count). The minimum absolute atomic E-state index is 0.0540. The van der Waals surface area contributed by atoms with Gasteiger partial charge in [-0.3, -0.25) is 9.48 Å². The summed E-state index contributed by atoms with van der Waals surface area (Å²) in [5, 5.41) is 13.1. The van der Waals surface area contributed by atoms with Gasteiger partial charge in [0.2, 0.25) is 0 Å². The minimum atomic E-state index is -0.0540. The van der Waals surface area contributed by atoms with E-state index in [0.29, 0.717) is 30.2 Å². The molecule has 0 atom stereocenters. The largest absolute Gasteiger partial charge is 0.493 e. The summed E-state index contributed by atoms with van der Waals surface area (Å²) in [6, 6.07) is 5.44. The molecule has 9 nitrogen and oxygen atoms in total. The highest BCUT2D eigenvalue weighted by molar-refractivity contribution is 5.95. The van der Waals surface area contributed by atoms with E-state index >= 15 is 0 Å². The summed E-state index contributed by atoms with van der Waals surface area (Å²) in [7, 11) is 5.07. The molecule has 3 aromatic rings. The average molecular weight is 410 g/mol. The smallest absolute Gasteiger partial charge is 0.254 e. The Balaban J connectivity index is 1.67. The number of carbonyl (C=O) groups is 1. The van der Waals surface area contributed by atoms with Crippen molar-refractivity contribution < 1.29 is 14.3 Å². The number of carbonyl (C=O) groups excluding carboxylic acids is 1. The van der Waals surface area contributed by atoms with Gasteiger partial charge in [-0.15, -0.1) is 10.2 Å². The van der Waals surface area contributed by atoms with Crippen LogP contribution in [0, 0.1) is 0 Å². The third-order valence-electron chi connectivity index (χ3n) is 5.50. The van der Waals surface area contributed by atoms with Crippen LogP contribution in [0.15, 0.2) is 24.5 Å². The molecule has 0 bridgehead atoms. The first-order chi connectivity index (χ1) is 14.4. The molecule has 0 saturated carbocycles. The van der Waals surface area contributed by atoms with E-state index in [0.717, 1.165) is 29.2 Å². The maximum Gasteiger partial charge on any atom is 0.254 e. The van der Waals surface area contributed by atoms with Gasteiger partial charge in [-0.05, 0) is 32.0 Å². The first-order valence-electron chi connectivity index (χ1n) is 9.90. The van der Waals surface area contributed by atoms with Gasteiger partial charge in [0.1, 0.15) is 12.0 Å². The molecular weight excluding hydrogens is 384 g/mol. The SMILES string of the molecule is COc1ccc(C(=O)N2CCc3c(c(-c4nncn4C(C)C)nn3C)C2)cc1OC. The fraction of sp³-hybridized carbons (Fsp3) is 0.429. The number of hydrogen-bond acceptors (Lipinski definition) is 6. The summed E-state index contributed by atoms with van der Waals surface area (Å²) < 4.78 is 14.5. The number of rotatable bonds is 5. The van der Waals surface area contributed by atoms with E-state index in [2.05, 4.69) is 24.0 Å². The molecular formula is C21H26N6O3. The van der Waals surface area contributed by atoms with E-state index in [-0.39, 0.29) is 11.9 Å². The molecule has 9 heteroatoms. The fourth-order valence-corrected chi connectivity index (χ4v) is 3.89. The molecule has 0 N–H and O–H groups in total. The van der Waals surface area contributed by atoms with Gasteiger partial charge >= 0.3 is 0 Å². The van der Waals surface area contributed by atoms with E-state index in [1.54, 1.807) is 38.7 Å². The number of benzene rings is 1. The number of amides is 1. The van der Waals surface area contributed by atoms with Gasteiger partial charge in [0, 0.05) is 42.9 Å². The van der Waals surface area contributed by atoms with Gasteiger partial charge in [-0.2, -0.15) is 5.10 Å². The lowest BCUT2D eigenvalue weighted by atomic mass is 10.0. The average Bonchev–Trinajstić information content (AvgIpc) is 3.37. The molecule has 1 amide bonds. The Labute approximate surface area is 175 Å². The van der Waals surface area contributed by atoms with Crippen LogP contribution in [-0.4, -0.2) is 56.1 Å². The molecule has 0 fully saturated rings. The molecule has 0 unspecified atom stereocenters. The molecule has 0 spiro atoms. The zero-order valence-electron chi connectivity index (χ0n) is 17.9. The number of methoxy groups -OCH3 is 2. The number of aromatic nitrogens is 5. The fourth-order valence-electron chi connectivity index (χ4n) is 3.89. The lowest BCUT2D eigenvalue weighted by Crippen LogP contribution is -2.36. The quantitative estimate of drug-likeness (QED) is 0.642. The van der Waals surface area contributed by atoms with Crippen molar-refractivity contribution >= 4 is 5.91 Å². The molecule has 1 aliphatic heterocycles. The van der Waals surface area contributed by atoms with Crippen molar-refractivity contribution in [2.45, 2.75) is 32.9 Å². The Bertz CT molecular complexity index is 1080. The van der Waals surface area contributed by atoms with Crippen LogP contribution in [0.4, 0.5) is 0 Å². The summed E-state index contributed by atoms with van der Waals surface area (Å²) >= 11 is 0. The van der Waals surface area contributed by atoms with E-state index in [9.17, 15) is 4.79 Å². The second-order valence-electron chi connectivity index (χ2n) is 7.60. The second-order valence-corrected chi connectivity index (χ2v) is 7.60. The summed E-state index contributed by atoms with van der Waals surface area (Å²) in [5.74, 6) is 1.80. The predicted octanol–water partition coefficient (Wildman–Crippen LogP) is 2.48. The van der Waals surface area contributed by atoms with Crippen LogP contribution in [0.2, 0.25) is 0 Å². The van der Waals surface area contributed by atoms with E-state index in [1.165, 1.54) is 0 Å². The number of hydrogen-bond donors (Lipinski definition) is 0. The normalized spacial score (nSPS) is 13.5. The predicted molar refractivity (Wildman–Crippen MR) is 111 cm³/mol. The third kappa shape index (κ3) is 3.30. The highest BCUT2D eigenvalue weighted by Crippen LogP contribution is 2.32. The molecule has 158 valence electrons. The minimum Gasteiger partial charge on any atom is -0.493 e. The van der Waals surface area contributed by atoms with Gasteiger partial charge < -0.3 is 18.9 Å². The third-order valence-corrected chi connectivity index (χ3v) is 5.50. The molecule has 2 aromatic heterocycles. The topological polar surface area (TPSA) is 87.3 Å². The van der Waals surface area contributed by atoms with Crippen LogP contribution < -0.4 is 9.47 Å². The maximum atomic E-state index is 13.2. The van der Waals surface area contributed by atoms with E-state index in [4.69, 9.17) is 14.6 Å². The van der Waals surface area contributed by atoms with Crippen LogP contribution >= 0.6 is 0 Å². The first-order valence-corrected chi connectivity index (χ1v) is 9.90. The van der Waals surface area contributed by atoms with Crippen molar-refractivity contribution in [3.05, 3.63) is 41.3 Å². The number of ether oxygens (including phenoxy) is 2. The lowest BCUT2D eigenvalue weighted by Gasteiger charge is -2.28. The molecule has 30 heavy (non-hydrogen) atoms. The maximum absolute atomic E-state index is 13.2. The van der Waals surface area contributed by atoms with Crippen molar-refractivity contribution in [1.82, 2.24) is 29.4 Å².